The van der Waals surface area contributed by atoms with E-state index in [4.69, 9.17) is 16.3 Å². The Kier molecular flexibility index (Phi) is 4.82. The third kappa shape index (κ3) is 3.13. The molecular formula is C13H17ClO3. The first-order chi connectivity index (χ1) is 8.01. The lowest BCUT2D eigenvalue weighted by Crippen LogP contribution is -2.19. The maximum absolute atomic E-state index is 11.4. The second-order valence-electron chi connectivity index (χ2n) is 4.09. The number of hydrogen-bond donors (Lipinski definition) is 1. The van der Waals surface area contributed by atoms with Crippen molar-refractivity contribution in [2.24, 2.45) is 5.92 Å². The minimum Gasteiger partial charge on any atom is -0.496 e. The van der Waals surface area contributed by atoms with E-state index in [0.717, 1.165) is 6.42 Å². The summed E-state index contributed by atoms with van der Waals surface area (Å²) in [5, 5.41) is 9.86. The molecule has 17 heavy (non-hydrogen) atoms. The topological polar surface area (TPSA) is 46.5 Å². The van der Waals surface area contributed by atoms with Crippen molar-refractivity contribution in [2.45, 2.75) is 26.2 Å². The van der Waals surface area contributed by atoms with Gasteiger partial charge >= 0.3 is 5.97 Å². The van der Waals surface area contributed by atoms with Crippen LogP contribution in [0, 0.1) is 5.92 Å². The van der Waals surface area contributed by atoms with Crippen LogP contribution in [-0.2, 0) is 4.79 Å². The van der Waals surface area contributed by atoms with Crippen molar-refractivity contribution in [3.8, 4) is 5.75 Å². The normalized spacial score (nSPS) is 14.1. The third-order valence-electron chi connectivity index (χ3n) is 3.01. The maximum Gasteiger partial charge on any atom is 0.311 e. The van der Waals surface area contributed by atoms with Gasteiger partial charge < -0.3 is 9.84 Å². The highest BCUT2D eigenvalue weighted by Crippen LogP contribution is 2.35. The molecule has 1 aromatic carbocycles. The largest absolute Gasteiger partial charge is 0.496 e. The molecule has 0 saturated carbocycles. The molecule has 0 heterocycles. The Morgan fingerprint density at radius 1 is 1.53 bits per heavy atom. The highest BCUT2D eigenvalue weighted by molar-refractivity contribution is 6.30. The summed E-state index contributed by atoms with van der Waals surface area (Å²) in [6.07, 6.45) is 0.784. The molecule has 0 radical (unpaired) electrons. The number of methoxy groups -OCH3 is 1. The average Bonchev–Trinajstić information content (AvgIpc) is 2.29. The first-order valence-electron chi connectivity index (χ1n) is 5.57. The lowest BCUT2D eigenvalue weighted by Gasteiger charge is -2.21. The molecule has 94 valence electrons. The highest BCUT2D eigenvalue weighted by atomic mass is 35.5. The standard InChI is InChI=1S/C13H17ClO3/c1-4-8(2)12(13(15)16)10-7-9(14)5-6-11(10)17-3/h5-8,12H,4H2,1-3H3,(H,15,16). The summed E-state index contributed by atoms with van der Waals surface area (Å²) in [6, 6.07) is 5.07. The third-order valence-corrected chi connectivity index (χ3v) is 3.24. The number of ether oxygens (including phenoxy) is 1. The Hall–Kier alpha value is -1.22. The number of carboxylic acids is 1. The van der Waals surface area contributed by atoms with E-state index in [2.05, 4.69) is 0 Å². The first-order valence-corrected chi connectivity index (χ1v) is 5.95. The summed E-state index contributed by atoms with van der Waals surface area (Å²) in [5.41, 5.74) is 0.641. The fourth-order valence-electron chi connectivity index (χ4n) is 1.87. The van der Waals surface area contributed by atoms with E-state index in [9.17, 15) is 9.90 Å². The van der Waals surface area contributed by atoms with Gasteiger partial charge in [-0.2, -0.15) is 0 Å². The predicted molar refractivity (Wildman–Crippen MR) is 67.8 cm³/mol. The number of aliphatic carboxylic acids is 1. The minimum absolute atomic E-state index is 0.0277. The van der Waals surface area contributed by atoms with Crippen molar-refractivity contribution in [3.05, 3.63) is 28.8 Å². The Balaban J connectivity index is 3.26. The first kappa shape index (κ1) is 13.8. The second kappa shape index (κ2) is 5.92. The predicted octanol–water partition coefficient (Wildman–Crippen LogP) is 3.56. The van der Waals surface area contributed by atoms with Gasteiger partial charge in [-0.15, -0.1) is 0 Å². The van der Waals surface area contributed by atoms with Crippen molar-refractivity contribution < 1.29 is 14.6 Å². The van der Waals surface area contributed by atoms with Crippen molar-refractivity contribution >= 4 is 17.6 Å². The quantitative estimate of drug-likeness (QED) is 0.876. The van der Waals surface area contributed by atoms with Crippen molar-refractivity contribution in [3.63, 3.8) is 0 Å². The van der Waals surface area contributed by atoms with Crippen LogP contribution in [0.2, 0.25) is 5.02 Å². The number of rotatable bonds is 5. The molecule has 3 nitrogen and oxygen atoms in total. The van der Waals surface area contributed by atoms with Crippen LogP contribution in [0.1, 0.15) is 31.7 Å². The second-order valence-corrected chi connectivity index (χ2v) is 4.52. The molecule has 0 saturated heterocycles. The minimum atomic E-state index is -0.847. The molecule has 1 N–H and O–H groups in total. The summed E-state index contributed by atoms with van der Waals surface area (Å²) in [6.45, 7) is 3.89. The van der Waals surface area contributed by atoms with Gasteiger partial charge in [-0.1, -0.05) is 31.9 Å². The van der Waals surface area contributed by atoms with Gasteiger partial charge in [-0.3, -0.25) is 4.79 Å². The van der Waals surface area contributed by atoms with Gasteiger partial charge in [0.05, 0.1) is 13.0 Å². The van der Waals surface area contributed by atoms with Crippen molar-refractivity contribution in [1.29, 1.82) is 0 Å². The molecule has 4 heteroatoms. The summed E-state index contributed by atoms with van der Waals surface area (Å²) < 4.78 is 5.20. The lowest BCUT2D eigenvalue weighted by atomic mass is 9.85. The van der Waals surface area contributed by atoms with Crippen LogP contribution in [0.5, 0.6) is 5.75 Å². The summed E-state index contributed by atoms with van der Waals surface area (Å²) in [5.74, 6) is -0.837. The summed E-state index contributed by atoms with van der Waals surface area (Å²) in [4.78, 5) is 11.4. The van der Waals surface area contributed by atoms with E-state index >= 15 is 0 Å². The molecule has 0 amide bonds. The van der Waals surface area contributed by atoms with Gasteiger partial charge in [-0.25, -0.2) is 0 Å². The molecule has 0 fully saturated rings. The molecule has 0 aliphatic rings. The summed E-state index contributed by atoms with van der Waals surface area (Å²) >= 11 is 5.92. The molecule has 1 rings (SSSR count). The Labute approximate surface area is 106 Å². The molecule has 1 aromatic rings. The van der Waals surface area contributed by atoms with E-state index in [1.165, 1.54) is 7.11 Å². The van der Waals surface area contributed by atoms with Crippen molar-refractivity contribution in [1.82, 2.24) is 0 Å². The fraction of sp³-hybridized carbons (Fsp3) is 0.462. The number of halogens is 1. The Morgan fingerprint density at radius 3 is 2.65 bits per heavy atom. The van der Waals surface area contributed by atoms with Crippen LogP contribution in [0.15, 0.2) is 18.2 Å². The molecule has 0 aromatic heterocycles. The Bertz CT molecular complexity index is 404. The number of benzene rings is 1. The SMILES string of the molecule is CCC(C)C(C(=O)O)c1cc(Cl)ccc1OC. The van der Waals surface area contributed by atoms with Crippen LogP contribution in [-0.4, -0.2) is 18.2 Å². The molecule has 0 bridgehead atoms. The zero-order chi connectivity index (χ0) is 13.0. The number of hydrogen-bond acceptors (Lipinski definition) is 2. The van der Waals surface area contributed by atoms with Crippen LogP contribution < -0.4 is 4.74 Å². The molecule has 0 aliphatic carbocycles. The van der Waals surface area contributed by atoms with Gasteiger partial charge in [0.1, 0.15) is 5.75 Å². The van der Waals surface area contributed by atoms with Gasteiger partial charge in [0.25, 0.3) is 0 Å². The zero-order valence-electron chi connectivity index (χ0n) is 10.2. The van der Waals surface area contributed by atoms with Gasteiger partial charge in [0, 0.05) is 10.6 Å². The van der Waals surface area contributed by atoms with Crippen LogP contribution >= 0.6 is 11.6 Å². The number of carboxylic acid groups (broad SMARTS) is 1. The smallest absolute Gasteiger partial charge is 0.311 e. The highest BCUT2D eigenvalue weighted by Gasteiger charge is 2.28. The van der Waals surface area contributed by atoms with Gasteiger partial charge in [0.15, 0.2) is 0 Å². The summed E-state index contributed by atoms with van der Waals surface area (Å²) in [7, 11) is 1.53. The van der Waals surface area contributed by atoms with E-state index < -0.39 is 11.9 Å². The number of carbonyl (C=O) groups is 1. The molecule has 0 aliphatic heterocycles. The van der Waals surface area contributed by atoms with Crippen LogP contribution in [0.4, 0.5) is 0 Å². The molecule has 0 spiro atoms. The lowest BCUT2D eigenvalue weighted by molar-refractivity contribution is -0.140. The van der Waals surface area contributed by atoms with Crippen molar-refractivity contribution in [2.75, 3.05) is 7.11 Å². The van der Waals surface area contributed by atoms with E-state index in [-0.39, 0.29) is 5.92 Å². The van der Waals surface area contributed by atoms with E-state index in [1.807, 2.05) is 13.8 Å². The van der Waals surface area contributed by atoms with E-state index in [0.29, 0.717) is 16.3 Å². The fourth-order valence-corrected chi connectivity index (χ4v) is 2.05. The van der Waals surface area contributed by atoms with Gasteiger partial charge in [0.2, 0.25) is 0 Å². The molecule has 2 unspecified atom stereocenters. The van der Waals surface area contributed by atoms with Gasteiger partial charge in [-0.05, 0) is 24.1 Å². The maximum atomic E-state index is 11.4. The monoisotopic (exact) mass is 256 g/mol. The van der Waals surface area contributed by atoms with Crippen LogP contribution in [0.25, 0.3) is 0 Å². The van der Waals surface area contributed by atoms with Crippen LogP contribution in [0.3, 0.4) is 0 Å². The van der Waals surface area contributed by atoms with E-state index in [1.54, 1.807) is 18.2 Å². The molecule has 2 atom stereocenters. The zero-order valence-corrected chi connectivity index (χ0v) is 11.0. The molecular weight excluding hydrogens is 240 g/mol. The average molecular weight is 257 g/mol. The Morgan fingerprint density at radius 2 is 2.18 bits per heavy atom.